The number of aromatic amines is 1. The largest absolute Gasteiger partial charge is 0.493 e. The van der Waals surface area contributed by atoms with Crippen LogP contribution in [0.1, 0.15) is 20.3 Å². The molecule has 7 nitrogen and oxygen atoms in total. The second-order valence-electron chi connectivity index (χ2n) is 7.41. The van der Waals surface area contributed by atoms with Crippen molar-refractivity contribution >= 4 is 51.3 Å². The average molecular weight is 402 g/mol. The number of carbonyl (C=O) groups excluding carboxylic acids is 2. The Labute approximate surface area is 166 Å². The maximum atomic E-state index is 13.1. The molecule has 0 saturated carbocycles. The normalized spacial score (nSPS) is 21.1. The zero-order valence-corrected chi connectivity index (χ0v) is 16.5. The molecule has 2 atom stereocenters. The van der Waals surface area contributed by atoms with E-state index in [0.717, 1.165) is 22.6 Å². The minimum atomic E-state index is -0.759. The predicted octanol–water partition coefficient (Wildman–Crippen LogP) is 3.70. The molecule has 28 heavy (non-hydrogen) atoms. The molecule has 8 heteroatoms. The van der Waals surface area contributed by atoms with E-state index in [9.17, 15) is 9.59 Å². The lowest BCUT2D eigenvalue weighted by Crippen LogP contribution is -2.36. The second kappa shape index (κ2) is 6.76. The van der Waals surface area contributed by atoms with Gasteiger partial charge < -0.3 is 24.6 Å². The maximum Gasteiger partial charge on any atom is 0.230 e. The summed E-state index contributed by atoms with van der Waals surface area (Å²) in [5, 5.41) is 5.13. The summed E-state index contributed by atoms with van der Waals surface area (Å²) < 4.78 is 11.2. The van der Waals surface area contributed by atoms with E-state index in [2.05, 4.69) is 15.3 Å². The zero-order chi connectivity index (χ0) is 20.1. The first-order valence-electron chi connectivity index (χ1n) is 8.91. The van der Waals surface area contributed by atoms with Gasteiger partial charge in [0.25, 0.3) is 0 Å². The average Bonchev–Trinajstić information content (AvgIpc) is 3.18. The molecule has 1 aliphatic heterocycles. The van der Waals surface area contributed by atoms with Crippen LogP contribution in [0.15, 0.2) is 24.5 Å². The Kier molecular flexibility index (Phi) is 4.51. The fraction of sp³-hybridized carbons (Fsp3) is 0.350. The number of nitrogens with one attached hydrogen (secondary N) is 2. The van der Waals surface area contributed by atoms with Gasteiger partial charge in [-0.3, -0.25) is 9.78 Å². The van der Waals surface area contributed by atoms with Crippen LogP contribution in [0.2, 0.25) is 5.02 Å². The number of hydrogen-bond acceptors (Lipinski definition) is 5. The third-order valence-electron chi connectivity index (χ3n) is 5.29. The summed E-state index contributed by atoms with van der Waals surface area (Å²) in [7, 11) is 1.50. The Hall–Kier alpha value is -2.64. The number of H-pyrrole nitrogens is 1. The summed E-state index contributed by atoms with van der Waals surface area (Å²) in [4.78, 5) is 31.6. The van der Waals surface area contributed by atoms with Gasteiger partial charge in [-0.05, 0) is 32.4 Å². The number of hydrogen-bond donors (Lipinski definition) is 2. The van der Waals surface area contributed by atoms with Crippen LogP contribution in [0, 0.1) is 5.92 Å². The van der Waals surface area contributed by atoms with Crippen molar-refractivity contribution in [3.63, 3.8) is 0 Å². The molecular weight excluding hydrogens is 382 g/mol. The van der Waals surface area contributed by atoms with Gasteiger partial charge in [-0.1, -0.05) is 11.6 Å². The van der Waals surface area contributed by atoms with Crippen molar-refractivity contribution in [2.75, 3.05) is 12.4 Å². The first-order chi connectivity index (χ1) is 13.4. The monoisotopic (exact) mass is 401 g/mol. The van der Waals surface area contributed by atoms with Crippen LogP contribution in [0.4, 0.5) is 5.69 Å². The number of benzene rings is 1. The Bertz CT molecular complexity index is 1090. The SMILES string of the molecule is COc1c(Cl)cc2c([nH]c3cnccc32)c1NC(=O)C1CC(C=O)OC1(C)C. The molecule has 1 aromatic carbocycles. The highest BCUT2D eigenvalue weighted by Gasteiger charge is 2.46. The molecule has 2 N–H and O–H groups in total. The van der Waals surface area contributed by atoms with E-state index < -0.39 is 17.6 Å². The van der Waals surface area contributed by atoms with Crippen LogP contribution >= 0.6 is 11.6 Å². The number of aromatic nitrogens is 2. The molecule has 2 unspecified atom stereocenters. The van der Waals surface area contributed by atoms with Crippen molar-refractivity contribution in [2.24, 2.45) is 5.92 Å². The Morgan fingerprint density at radius 3 is 2.93 bits per heavy atom. The fourth-order valence-electron chi connectivity index (χ4n) is 3.91. The van der Waals surface area contributed by atoms with Crippen LogP contribution in [0.5, 0.6) is 5.75 Å². The Balaban J connectivity index is 1.81. The van der Waals surface area contributed by atoms with Gasteiger partial charge in [-0.15, -0.1) is 0 Å². The first kappa shape index (κ1) is 18.7. The number of ether oxygens (including phenoxy) is 2. The number of anilines is 1. The number of halogens is 1. The van der Waals surface area contributed by atoms with Crippen LogP contribution in [0.3, 0.4) is 0 Å². The van der Waals surface area contributed by atoms with Gasteiger partial charge in [0.2, 0.25) is 5.91 Å². The maximum absolute atomic E-state index is 13.1. The molecule has 0 bridgehead atoms. The molecule has 3 heterocycles. The van der Waals surface area contributed by atoms with Crippen LogP contribution in [-0.2, 0) is 14.3 Å². The van der Waals surface area contributed by atoms with Crippen molar-refractivity contribution < 1.29 is 19.1 Å². The highest BCUT2D eigenvalue weighted by atomic mass is 35.5. The molecule has 1 saturated heterocycles. The third kappa shape index (κ3) is 2.91. The molecule has 2 aromatic heterocycles. The highest BCUT2D eigenvalue weighted by Crippen LogP contribution is 2.43. The van der Waals surface area contributed by atoms with Gasteiger partial charge >= 0.3 is 0 Å². The molecule has 146 valence electrons. The number of amides is 1. The summed E-state index contributed by atoms with van der Waals surface area (Å²) in [5.41, 5.74) is 1.21. The molecule has 1 aliphatic rings. The zero-order valence-electron chi connectivity index (χ0n) is 15.7. The first-order valence-corrected chi connectivity index (χ1v) is 9.29. The second-order valence-corrected chi connectivity index (χ2v) is 7.82. The summed E-state index contributed by atoms with van der Waals surface area (Å²) in [6.45, 7) is 3.61. The van der Waals surface area contributed by atoms with Gasteiger partial charge in [0.15, 0.2) is 5.75 Å². The third-order valence-corrected chi connectivity index (χ3v) is 5.57. The molecule has 3 aromatic rings. The molecule has 1 fully saturated rings. The van der Waals surface area contributed by atoms with E-state index in [4.69, 9.17) is 21.1 Å². The van der Waals surface area contributed by atoms with E-state index in [1.807, 2.05) is 6.07 Å². The van der Waals surface area contributed by atoms with Crippen molar-refractivity contribution in [2.45, 2.75) is 32.0 Å². The standard InChI is InChI=1S/C20H20ClN3O4/c1-20(2)13(6-10(9-25)28-20)19(26)24-17-16-12(7-14(21)18(17)27-3)11-4-5-22-8-15(11)23-16/h4-5,7-10,13,23H,6H2,1-3H3,(H,24,26). The van der Waals surface area contributed by atoms with E-state index in [0.29, 0.717) is 28.4 Å². The summed E-state index contributed by atoms with van der Waals surface area (Å²) in [6, 6.07) is 3.68. The van der Waals surface area contributed by atoms with Gasteiger partial charge in [-0.2, -0.15) is 0 Å². The van der Waals surface area contributed by atoms with Crippen molar-refractivity contribution in [1.29, 1.82) is 0 Å². The number of nitrogens with zero attached hydrogens (tertiary/aromatic N) is 1. The van der Waals surface area contributed by atoms with Gasteiger partial charge in [0.05, 0.1) is 40.9 Å². The summed E-state index contributed by atoms with van der Waals surface area (Å²) in [6.07, 6.45) is 3.88. The van der Waals surface area contributed by atoms with Crippen LogP contribution in [0.25, 0.3) is 21.8 Å². The van der Waals surface area contributed by atoms with Crippen molar-refractivity contribution in [3.05, 3.63) is 29.5 Å². The molecule has 1 amide bonds. The minimum absolute atomic E-state index is 0.256. The van der Waals surface area contributed by atoms with E-state index in [1.54, 1.807) is 32.3 Å². The minimum Gasteiger partial charge on any atom is -0.493 e. The lowest BCUT2D eigenvalue weighted by atomic mass is 9.89. The van der Waals surface area contributed by atoms with Gasteiger partial charge in [0.1, 0.15) is 18.1 Å². The van der Waals surface area contributed by atoms with E-state index in [-0.39, 0.29) is 5.91 Å². The van der Waals surface area contributed by atoms with Crippen LogP contribution < -0.4 is 10.1 Å². The number of carbonyl (C=O) groups is 2. The smallest absolute Gasteiger partial charge is 0.230 e. The highest BCUT2D eigenvalue weighted by molar-refractivity contribution is 6.35. The topological polar surface area (TPSA) is 93.3 Å². The van der Waals surface area contributed by atoms with Crippen molar-refractivity contribution in [3.8, 4) is 5.75 Å². The lowest BCUT2D eigenvalue weighted by molar-refractivity contribution is -0.128. The summed E-state index contributed by atoms with van der Waals surface area (Å²) >= 11 is 6.43. The number of rotatable bonds is 4. The molecule has 0 aliphatic carbocycles. The van der Waals surface area contributed by atoms with E-state index >= 15 is 0 Å². The molecule has 4 rings (SSSR count). The lowest BCUT2D eigenvalue weighted by Gasteiger charge is -2.25. The quantitative estimate of drug-likeness (QED) is 0.650. The number of fused-ring (bicyclic) bond motifs is 3. The van der Waals surface area contributed by atoms with Gasteiger partial charge in [0, 0.05) is 17.0 Å². The number of aldehydes is 1. The number of pyridine rings is 1. The fourth-order valence-corrected chi connectivity index (χ4v) is 4.19. The summed E-state index contributed by atoms with van der Waals surface area (Å²) in [5.74, 6) is -0.383. The van der Waals surface area contributed by atoms with Gasteiger partial charge in [-0.25, -0.2) is 0 Å². The Morgan fingerprint density at radius 1 is 1.46 bits per heavy atom. The predicted molar refractivity (Wildman–Crippen MR) is 107 cm³/mol. The van der Waals surface area contributed by atoms with Crippen LogP contribution in [-0.4, -0.2) is 41.0 Å². The molecular formula is C20H20ClN3O4. The van der Waals surface area contributed by atoms with E-state index in [1.165, 1.54) is 7.11 Å². The van der Waals surface area contributed by atoms with Crippen molar-refractivity contribution in [1.82, 2.24) is 9.97 Å². The number of methoxy groups -OCH3 is 1. The molecule has 0 spiro atoms. The molecule has 0 radical (unpaired) electrons. The Morgan fingerprint density at radius 2 is 2.25 bits per heavy atom.